The Kier molecular flexibility index (Phi) is 4.55. The Hall–Kier alpha value is -2.90. The summed E-state index contributed by atoms with van der Waals surface area (Å²) in [5, 5.41) is 11.0. The van der Waals surface area contributed by atoms with Gasteiger partial charge in [0.25, 0.3) is 0 Å². The number of benzene rings is 1. The van der Waals surface area contributed by atoms with Crippen molar-refractivity contribution < 1.29 is 14.5 Å². The van der Waals surface area contributed by atoms with E-state index in [-0.39, 0.29) is 18.0 Å². The Labute approximate surface area is 156 Å². The molecule has 1 aliphatic heterocycles. The van der Waals surface area contributed by atoms with Gasteiger partial charge < -0.3 is 19.8 Å². The standard InChI is InChI=1S/C19H22N4O4/c1-13-6-8-21(9-7-13)19(24)27-16-10-14-4-2-3-5-15(14)18(16)22-11-17(20-12-22)23(25)26/h2-5,11-13,16,18H,6-10H2,1H3. The van der Waals surface area contributed by atoms with Gasteiger partial charge in [-0.05, 0) is 39.8 Å². The Bertz CT molecular complexity index is 857. The van der Waals surface area contributed by atoms with E-state index in [9.17, 15) is 14.9 Å². The van der Waals surface area contributed by atoms with Crippen LogP contribution >= 0.6 is 0 Å². The van der Waals surface area contributed by atoms with E-state index in [2.05, 4.69) is 11.9 Å². The molecule has 0 spiro atoms. The summed E-state index contributed by atoms with van der Waals surface area (Å²) in [6.45, 7) is 3.61. The van der Waals surface area contributed by atoms with Crippen molar-refractivity contribution in [1.29, 1.82) is 0 Å². The van der Waals surface area contributed by atoms with E-state index in [1.807, 2.05) is 24.3 Å². The summed E-state index contributed by atoms with van der Waals surface area (Å²) in [5.74, 6) is 0.415. The Morgan fingerprint density at radius 3 is 2.74 bits per heavy atom. The number of hydrogen-bond donors (Lipinski definition) is 0. The number of carbonyl (C=O) groups excluding carboxylic acids is 1. The van der Waals surface area contributed by atoms with Crippen molar-refractivity contribution in [3.63, 3.8) is 0 Å². The maximum absolute atomic E-state index is 12.7. The van der Waals surface area contributed by atoms with Crippen LogP contribution in [0, 0.1) is 16.0 Å². The SMILES string of the molecule is CC1CCN(C(=O)OC2Cc3ccccc3C2n2cnc([N+](=O)[O-])c2)CC1. The summed E-state index contributed by atoms with van der Waals surface area (Å²) in [5.41, 5.74) is 2.10. The zero-order valence-corrected chi connectivity index (χ0v) is 15.2. The number of ether oxygens (including phenoxy) is 1. The molecular weight excluding hydrogens is 348 g/mol. The third kappa shape index (κ3) is 3.39. The molecule has 1 amide bonds. The highest BCUT2D eigenvalue weighted by atomic mass is 16.6. The molecule has 2 aliphatic rings. The van der Waals surface area contributed by atoms with Crippen molar-refractivity contribution in [3.05, 3.63) is 58.0 Å². The maximum atomic E-state index is 12.7. The number of amides is 1. The van der Waals surface area contributed by atoms with E-state index in [1.54, 1.807) is 9.47 Å². The lowest BCUT2D eigenvalue weighted by molar-refractivity contribution is -0.389. The second kappa shape index (κ2) is 7.02. The molecule has 2 heterocycles. The van der Waals surface area contributed by atoms with Crippen molar-refractivity contribution >= 4 is 11.9 Å². The molecular formula is C19H22N4O4. The number of nitro groups is 1. The van der Waals surface area contributed by atoms with E-state index < -0.39 is 11.0 Å². The van der Waals surface area contributed by atoms with Crippen LogP contribution in [0.15, 0.2) is 36.8 Å². The summed E-state index contributed by atoms with van der Waals surface area (Å²) in [7, 11) is 0. The van der Waals surface area contributed by atoms with Crippen LogP contribution in [-0.4, -0.2) is 44.7 Å². The minimum absolute atomic E-state index is 0.213. The van der Waals surface area contributed by atoms with E-state index in [4.69, 9.17) is 4.74 Å². The second-order valence-electron chi connectivity index (χ2n) is 7.38. The molecule has 1 saturated heterocycles. The predicted molar refractivity (Wildman–Crippen MR) is 97.4 cm³/mol. The number of likely N-dealkylation sites (tertiary alicyclic amines) is 1. The predicted octanol–water partition coefficient (Wildman–Crippen LogP) is 3.17. The van der Waals surface area contributed by atoms with Gasteiger partial charge in [-0.2, -0.15) is 0 Å². The number of piperidine rings is 1. The van der Waals surface area contributed by atoms with Gasteiger partial charge in [-0.25, -0.2) is 4.79 Å². The lowest BCUT2D eigenvalue weighted by Crippen LogP contribution is -2.41. The molecule has 2 unspecified atom stereocenters. The van der Waals surface area contributed by atoms with Gasteiger partial charge in [0.2, 0.25) is 6.33 Å². The normalized spacial score (nSPS) is 22.5. The van der Waals surface area contributed by atoms with Gasteiger partial charge in [0.15, 0.2) is 0 Å². The molecule has 142 valence electrons. The van der Waals surface area contributed by atoms with Crippen molar-refractivity contribution in [2.24, 2.45) is 5.92 Å². The van der Waals surface area contributed by atoms with Gasteiger partial charge in [-0.3, -0.25) is 4.57 Å². The lowest BCUT2D eigenvalue weighted by atomic mass is 10.00. The molecule has 0 bridgehead atoms. The molecule has 2 atom stereocenters. The average Bonchev–Trinajstić information content (AvgIpc) is 3.26. The Morgan fingerprint density at radius 2 is 2.04 bits per heavy atom. The quantitative estimate of drug-likeness (QED) is 0.611. The number of carbonyl (C=O) groups is 1. The van der Waals surface area contributed by atoms with Gasteiger partial charge >= 0.3 is 11.9 Å². The van der Waals surface area contributed by atoms with Crippen LogP contribution in [0.3, 0.4) is 0 Å². The molecule has 27 heavy (non-hydrogen) atoms. The highest BCUT2D eigenvalue weighted by molar-refractivity contribution is 5.68. The summed E-state index contributed by atoms with van der Waals surface area (Å²) in [6, 6.07) is 7.54. The second-order valence-corrected chi connectivity index (χ2v) is 7.38. The van der Waals surface area contributed by atoms with Gasteiger partial charge in [0, 0.05) is 19.5 Å². The minimum Gasteiger partial charge on any atom is -0.443 e. The zero-order chi connectivity index (χ0) is 19.0. The van der Waals surface area contributed by atoms with Crippen LogP contribution in [0.1, 0.15) is 36.9 Å². The third-order valence-corrected chi connectivity index (χ3v) is 5.54. The number of rotatable bonds is 3. The summed E-state index contributed by atoms with van der Waals surface area (Å²) in [4.78, 5) is 28.8. The monoisotopic (exact) mass is 370 g/mol. The highest BCUT2D eigenvalue weighted by Gasteiger charge is 2.38. The highest BCUT2D eigenvalue weighted by Crippen LogP contribution is 2.37. The van der Waals surface area contributed by atoms with Crippen LogP contribution in [0.5, 0.6) is 0 Å². The first-order valence-electron chi connectivity index (χ1n) is 9.24. The molecule has 0 saturated carbocycles. The third-order valence-electron chi connectivity index (χ3n) is 5.54. The molecule has 2 aromatic rings. The lowest BCUT2D eigenvalue weighted by Gasteiger charge is -2.31. The number of fused-ring (bicyclic) bond motifs is 1. The largest absolute Gasteiger partial charge is 0.443 e. The summed E-state index contributed by atoms with van der Waals surface area (Å²) in [6.07, 6.45) is 4.67. The van der Waals surface area contributed by atoms with Crippen molar-refractivity contribution in [2.75, 3.05) is 13.1 Å². The Morgan fingerprint density at radius 1 is 1.30 bits per heavy atom. The van der Waals surface area contributed by atoms with Gasteiger partial charge in [0.1, 0.15) is 12.3 Å². The first kappa shape index (κ1) is 17.5. The van der Waals surface area contributed by atoms with Crippen molar-refractivity contribution in [1.82, 2.24) is 14.5 Å². The van der Waals surface area contributed by atoms with Crippen molar-refractivity contribution in [2.45, 2.75) is 38.3 Å². The molecule has 1 aromatic heterocycles. The van der Waals surface area contributed by atoms with Gasteiger partial charge in [-0.15, -0.1) is 0 Å². The smallest absolute Gasteiger partial charge is 0.410 e. The molecule has 1 aromatic carbocycles. The first-order chi connectivity index (χ1) is 13.0. The van der Waals surface area contributed by atoms with Crippen LogP contribution in [0.2, 0.25) is 0 Å². The average molecular weight is 370 g/mol. The molecule has 1 aliphatic carbocycles. The van der Waals surface area contributed by atoms with Crippen LogP contribution < -0.4 is 0 Å². The number of imidazole rings is 1. The van der Waals surface area contributed by atoms with Crippen LogP contribution in [0.4, 0.5) is 10.6 Å². The number of aromatic nitrogens is 2. The number of hydrogen-bond acceptors (Lipinski definition) is 5. The first-order valence-corrected chi connectivity index (χ1v) is 9.24. The molecule has 4 rings (SSSR count). The molecule has 0 N–H and O–H groups in total. The summed E-state index contributed by atoms with van der Waals surface area (Å²) >= 11 is 0. The maximum Gasteiger partial charge on any atom is 0.410 e. The van der Waals surface area contributed by atoms with E-state index in [1.165, 1.54) is 12.5 Å². The van der Waals surface area contributed by atoms with Gasteiger partial charge in [0.05, 0.1) is 6.04 Å². The Balaban J connectivity index is 1.57. The molecule has 1 fully saturated rings. The van der Waals surface area contributed by atoms with E-state index >= 15 is 0 Å². The van der Waals surface area contributed by atoms with Gasteiger partial charge in [-0.1, -0.05) is 31.2 Å². The van der Waals surface area contributed by atoms with Crippen LogP contribution in [-0.2, 0) is 11.2 Å². The molecule has 8 nitrogen and oxygen atoms in total. The topological polar surface area (TPSA) is 90.5 Å². The fraction of sp³-hybridized carbons (Fsp3) is 0.474. The van der Waals surface area contributed by atoms with Crippen molar-refractivity contribution in [3.8, 4) is 0 Å². The summed E-state index contributed by atoms with van der Waals surface area (Å²) < 4.78 is 7.55. The van der Waals surface area contributed by atoms with E-state index in [0.717, 1.165) is 24.0 Å². The number of nitrogens with zero attached hydrogens (tertiary/aromatic N) is 4. The molecule has 0 radical (unpaired) electrons. The van der Waals surface area contributed by atoms with E-state index in [0.29, 0.717) is 25.4 Å². The zero-order valence-electron chi connectivity index (χ0n) is 15.2. The fourth-order valence-corrected chi connectivity index (χ4v) is 3.96. The fourth-order valence-electron chi connectivity index (χ4n) is 3.96. The molecule has 8 heteroatoms. The minimum atomic E-state index is -0.521. The van der Waals surface area contributed by atoms with Crippen LogP contribution in [0.25, 0.3) is 0 Å².